The molecule has 2 aromatic rings. The van der Waals surface area contributed by atoms with Gasteiger partial charge >= 0.3 is 0 Å². The van der Waals surface area contributed by atoms with Gasteiger partial charge in [-0.3, -0.25) is 4.79 Å². The molecule has 0 amide bonds. The van der Waals surface area contributed by atoms with Gasteiger partial charge in [-0.25, -0.2) is 8.42 Å². The zero-order valence-corrected chi connectivity index (χ0v) is 15.9. The van der Waals surface area contributed by atoms with Gasteiger partial charge in [-0.2, -0.15) is 0 Å². The number of benzene rings is 2. The summed E-state index contributed by atoms with van der Waals surface area (Å²) >= 11 is 9.53. The summed E-state index contributed by atoms with van der Waals surface area (Å²) in [5.41, 5.74) is 2.53. The zero-order valence-electron chi connectivity index (χ0n) is 12.8. The largest absolute Gasteiger partial charge is 0.289 e. The normalized spacial score (nSPS) is 11.5. The van der Waals surface area contributed by atoms with E-state index in [1.807, 2.05) is 19.1 Å². The Balaban J connectivity index is 2.40. The molecule has 0 spiro atoms. The lowest BCUT2D eigenvalue weighted by Crippen LogP contribution is -2.08. The molecule has 0 aliphatic carbocycles. The third-order valence-corrected chi connectivity index (χ3v) is 6.15. The molecule has 23 heavy (non-hydrogen) atoms. The van der Waals surface area contributed by atoms with Crippen molar-refractivity contribution in [3.63, 3.8) is 0 Å². The van der Waals surface area contributed by atoms with Gasteiger partial charge in [-0.1, -0.05) is 64.3 Å². The summed E-state index contributed by atoms with van der Waals surface area (Å²) in [5, 5.41) is 0.278. The van der Waals surface area contributed by atoms with Crippen molar-refractivity contribution in [1.29, 1.82) is 0 Å². The molecule has 0 saturated carbocycles. The van der Waals surface area contributed by atoms with Gasteiger partial charge in [0.2, 0.25) is 0 Å². The lowest BCUT2D eigenvalue weighted by atomic mass is 10.0. The maximum absolute atomic E-state index is 12.6. The van der Waals surface area contributed by atoms with Crippen LogP contribution >= 0.6 is 27.5 Å². The second-order valence-electron chi connectivity index (χ2n) is 5.30. The van der Waals surface area contributed by atoms with E-state index in [2.05, 4.69) is 15.9 Å². The molecule has 0 N–H and O–H groups in total. The summed E-state index contributed by atoms with van der Waals surface area (Å²) in [5.74, 6) is -0.256. The Hall–Kier alpha value is -1.17. The predicted octanol–water partition coefficient (Wildman–Crippen LogP) is 4.58. The fourth-order valence-electron chi connectivity index (χ4n) is 2.07. The van der Waals surface area contributed by atoms with E-state index in [1.54, 1.807) is 25.1 Å². The lowest BCUT2D eigenvalue weighted by molar-refractivity contribution is 0.103. The lowest BCUT2D eigenvalue weighted by Gasteiger charge is -2.10. The number of carbonyl (C=O) groups excluding carboxylic acids is 1. The summed E-state index contributed by atoms with van der Waals surface area (Å²) < 4.78 is 24.1. The van der Waals surface area contributed by atoms with Crippen molar-refractivity contribution in [1.82, 2.24) is 0 Å². The minimum atomic E-state index is -3.19. The molecule has 3 nitrogen and oxygen atoms in total. The fraction of sp³-hybridized carbons (Fsp3) is 0.235. The number of hydrogen-bond donors (Lipinski definition) is 0. The highest BCUT2D eigenvalue weighted by molar-refractivity contribution is 9.10. The molecule has 122 valence electrons. The minimum absolute atomic E-state index is 0.0466. The number of carbonyl (C=O) groups is 1. The molecule has 0 radical (unpaired) electrons. The van der Waals surface area contributed by atoms with Gasteiger partial charge in [0.25, 0.3) is 0 Å². The van der Waals surface area contributed by atoms with Crippen LogP contribution in [0.15, 0.2) is 40.9 Å². The van der Waals surface area contributed by atoms with Crippen LogP contribution in [0.5, 0.6) is 0 Å². The number of hydrogen-bond acceptors (Lipinski definition) is 3. The summed E-state index contributed by atoms with van der Waals surface area (Å²) in [4.78, 5) is 12.6. The van der Waals surface area contributed by atoms with Crippen LogP contribution in [0.2, 0.25) is 5.02 Å². The third kappa shape index (κ3) is 4.43. The van der Waals surface area contributed by atoms with Crippen molar-refractivity contribution >= 4 is 43.2 Å². The molecule has 0 heterocycles. The summed E-state index contributed by atoms with van der Waals surface area (Å²) in [6.07, 6.45) is 0. The highest BCUT2D eigenvalue weighted by atomic mass is 79.9. The van der Waals surface area contributed by atoms with Gasteiger partial charge in [0.05, 0.1) is 5.75 Å². The molecule has 2 aromatic carbocycles. The van der Waals surface area contributed by atoms with Crippen LogP contribution in [0, 0.1) is 6.92 Å². The number of aryl methyl sites for hydroxylation is 1. The number of halogens is 2. The Morgan fingerprint density at radius 1 is 1.17 bits per heavy atom. The number of ketones is 1. The topological polar surface area (TPSA) is 51.2 Å². The molecular formula is C17H16BrClO3S. The summed E-state index contributed by atoms with van der Waals surface area (Å²) in [6.45, 7) is 3.54. The second-order valence-corrected chi connectivity index (χ2v) is 8.91. The SMILES string of the molecule is CCS(=O)(=O)Cc1cc(Br)c(C(=O)c2ccc(C)cc2)cc1Cl. The molecule has 0 aliphatic heterocycles. The Morgan fingerprint density at radius 3 is 2.35 bits per heavy atom. The van der Waals surface area contributed by atoms with Crippen LogP contribution < -0.4 is 0 Å². The summed E-state index contributed by atoms with van der Waals surface area (Å²) in [7, 11) is -3.19. The van der Waals surface area contributed by atoms with E-state index < -0.39 is 9.84 Å². The molecule has 0 aliphatic rings. The van der Waals surface area contributed by atoms with Gasteiger partial charge in [0, 0.05) is 26.4 Å². The maximum atomic E-state index is 12.6. The van der Waals surface area contributed by atoms with Crippen molar-refractivity contribution in [3.05, 3.63) is 68.1 Å². The van der Waals surface area contributed by atoms with E-state index in [0.717, 1.165) is 5.56 Å². The maximum Gasteiger partial charge on any atom is 0.194 e. The van der Waals surface area contributed by atoms with Crippen molar-refractivity contribution in [2.24, 2.45) is 0 Å². The van der Waals surface area contributed by atoms with E-state index in [4.69, 9.17) is 11.6 Å². The molecule has 0 fully saturated rings. The summed E-state index contributed by atoms with van der Waals surface area (Å²) in [6, 6.07) is 10.4. The van der Waals surface area contributed by atoms with Crippen molar-refractivity contribution in [2.75, 3.05) is 5.75 Å². The molecule has 0 bridgehead atoms. The molecule has 0 saturated heterocycles. The highest BCUT2D eigenvalue weighted by Gasteiger charge is 2.18. The van der Waals surface area contributed by atoms with Crippen molar-refractivity contribution in [3.8, 4) is 0 Å². The van der Waals surface area contributed by atoms with E-state index >= 15 is 0 Å². The highest BCUT2D eigenvalue weighted by Crippen LogP contribution is 2.29. The fourth-order valence-corrected chi connectivity index (χ4v) is 3.87. The molecular weight excluding hydrogens is 400 g/mol. The quantitative estimate of drug-likeness (QED) is 0.672. The Bertz CT molecular complexity index is 843. The Kier molecular flexibility index (Phi) is 5.65. The van der Waals surface area contributed by atoms with E-state index in [-0.39, 0.29) is 22.3 Å². The van der Waals surface area contributed by atoms with Gasteiger partial charge in [0.15, 0.2) is 15.6 Å². The molecule has 6 heteroatoms. The Morgan fingerprint density at radius 2 is 1.78 bits per heavy atom. The molecule has 0 aromatic heterocycles. The van der Waals surface area contributed by atoms with Crippen LogP contribution in [0.25, 0.3) is 0 Å². The van der Waals surface area contributed by atoms with Crippen LogP contribution in [-0.4, -0.2) is 20.0 Å². The van der Waals surface area contributed by atoms with Crippen molar-refractivity contribution in [2.45, 2.75) is 19.6 Å². The predicted molar refractivity (Wildman–Crippen MR) is 96.9 cm³/mol. The van der Waals surface area contributed by atoms with E-state index in [0.29, 0.717) is 21.2 Å². The van der Waals surface area contributed by atoms with Gasteiger partial charge < -0.3 is 0 Å². The number of sulfone groups is 1. The van der Waals surface area contributed by atoms with Crippen molar-refractivity contribution < 1.29 is 13.2 Å². The smallest absolute Gasteiger partial charge is 0.194 e. The standard InChI is InChI=1S/C17H16BrClO3S/c1-3-23(21,22)10-13-8-15(18)14(9-16(13)19)17(20)12-6-4-11(2)5-7-12/h4-9H,3,10H2,1-2H3. The molecule has 0 unspecified atom stereocenters. The average molecular weight is 416 g/mol. The zero-order chi connectivity index (χ0) is 17.2. The number of rotatable bonds is 5. The van der Waals surface area contributed by atoms with Crippen LogP contribution in [-0.2, 0) is 15.6 Å². The second kappa shape index (κ2) is 7.16. The minimum Gasteiger partial charge on any atom is -0.289 e. The van der Waals surface area contributed by atoms with Gasteiger partial charge in [-0.15, -0.1) is 0 Å². The van der Waals surface area contributed by atoms with Gasteiger partial charge in [-0.05, 0) is 24.6 Å². The van der Waals surface area contributed by atoms with Gasteiger partial charge in [0.1, 0.15) is 0 Å². The monoisotopic (exact) mass is 414 g/mol. The van der Waals surface area contributed by atoms with Crippen LogP contribution in [0.1, 0.15) is 34.0 Å². The first-order valence-electron chi connectivity index (χ1n) is 7.03. The third-order valence-electron chi connectivity index (χ3n) is 3.51. The molecule has 0 atom stereocenters. The Labute approximate surface area is 149 Å². The first-order valence-corrected chi connectivity index (χ1v) is 10.0. The van der Waals surface area contributed by atoms with Crippen LogP contribution in [0.3, 0.4) is 0 Å². The first kappa shape index (κ1) is 18.2. The van der Waals surface area contributed by atoms with Crippen LogP contribution in [0.4, 0.5) is 0 Å². The average Bonchev–Trinajstić information content (AvgIpc) is 2.50. The molecule has 2 rings (SSSR count). The van der Waals surface area contributed by atoms with E-state index in [9.17, 15) is 13.2 Å². The first-order chi connectivity index (χ1) is 10.7. The van der Waals surface area contributed by atoms with E-state index in [1.165, 1.54) is 6.07 Å².